The highest BCUT2D eigenvalue weighted by atomic mass is 35.5. The molecule has 0 atom stereocenters. The van der Waals surface area contributed by atoms with E-state index in [9.17, 15) is 10.1 Å². The molecule has 0 fully saturated rings. The molecule has 28 heavy (non-hydrogen) atoms. The SMILES string of the molecule is N#Cc1cnn(-c2ccccc2)c1NC(=O)CSc1nc2cc(Cl)ccc2s1. The van der Waals surface area contributed by atoms with Crippen molar-refractivity contribution in [2.45, 2.75) is 4.34 Å². The zero-order valence-electron chi connectivity index (χ0n) is 14.3. The third-order valence-corrected chi connectivity index (χ3v) is 6.22. The molecule has 2 aromatic heterocycles. The number of anilines is 1. The Kier molecular flexibility index (Phi) is 5.30. The largest absolute Gasteiger partial charge is 0.309 e. The van der Waals surface area contributed by atoms with Crippen LogP contribution < -0.4 is 5.32 Å². The van der Waals surface area contributed by atoms with Gasteiger partial charge in [0.2, 0.25) is 5.91 Å². The van der Waals surface area contributed by atoms with Crippen LogP contribution in [0.2, 0.25) is 5.02 Å². The van der Waals surface area contributed by atoms with Crippen LogP contribution in [-0.2, 0) is 4.79 Å². The van der Waals surface area contributed by atoms with E-state index in [0.717, 1.165) is 20.2 Å². The number of aromatic nitrogens is 3. The Labute approximate surface area is 173 Å². The van der Waals surface area contributed by atoms with E-state index < -0.39 is 0 Å². The summed E-state index contributed by atoms with van der Waals surface area (Å²) in [6.07, 6.45) is 1.44. The minimum Gasteiger partial charge on any atom is -0.309 e. The van der Waals surface area contributed by atoms with Crippen molar-refractivity contribution in [3.05, 3.63) is 65.3 Å². The third-order valence-electron chi connectivity index (χ3n) is 3.80. The van der Waals surface area contributed by atoms with Crippen molar-refractivity contribution in [2.24, 2.45) is 0 Å². The number of amides is 1. The molecule has 0 saturated heterocycles. The summed E-state index contributed by atoms with van der Waals surface area (Å²) in [5.74, 6) is 0.283. The molecule has 0 radical (unpaired) electrons. The normalized spacial score (nSPS) is 10.7. The smallest absolute Gasteiger partial charge is 0.236 e. The summed E-state index contributed by atoms with van der Waals surface area (Å²) in [4.78, 5) is 17.0. The van der Waals surface area contributed by atoms with Gasteiger partial charge in [-0.25, -0.2) is 9.67 Å². The fourth-order valence-corrected chi connectivity index (χ4v) is 4.57. The van der Waals surface area contributed by atoms with Gasteiger partial charge in [0.05, 0.1) is 27.9 Å². The van der Waals surface area contributed by atoms with Crippen LogP contribution in [0.15, 0.2) is 59.1 Å². The van der Waals surface area contributed by atoms with E-state index in [-0.39, 0.29) is 11.7 Å². The summed E-state index contributed by atoms with van der Waals surface area (Å²) in [6.45, 7) is 0. The van der Waals surface area contributed by atoms with Gasteiger partial charge in [-0.05, 0) is 30.3 Å². The average molecular weight is 426 g/mol. The number of hydrogen-bond donors (Lipinski definition) is 1. The van der Waals surface area contributed by atoms with Gasteiger partial charge in [-0.3, -0.25) is 4.79 Å². The Balaban J connectivity index is 1.49. The molecule has 1 N–H and O–H groups in total. The number of carbonyl (C=O) groups excluding carboxylic acids is 1. The molecular weight excluding hydrogens is 414 g/mol. The molecule has 4 rings (SSSR count). The second kappa shape index (κ2) is 8.02. The standard InChI is InChI=1S/C19H12ClN5OS2/c20-13-6-7-16-15(8-13)23-19(28-16)27-11-17(26)24-18-12(9-21)10-22-25(18)14-4-2-1-3-5-14/h1-8,10H,11H2,(H,24,26). The number of halogens is 1. The van der Waals surface area contributed by atoms with Crippen LogP contribution in [0, 0.1) is 11.3 Å². The lowest BCUT2D eigenvalue weighted by molar-refractivity contribution is -0.113. The van der Waals surface area contributed by atoms with Crippen molar-refractivity contribution in [2.75, 3.05) is 11.1 Å². The van der Waals surface area contributed by atoms with Crippen molar-refractivity contribution >= 4 is 56.6 Å². The Hall–Kier alpha value is -2.86. The van der Waals surface area contributed by atoms with Crippen molar-refractivity contribution in [3.8, 4) is 11.8 Å². The van der Waals surface area contributed by atoms with Gasteiger partial charge in [-0.15, -0.1) is 11.3 Å². The maximum atomic E-state index is 12.5. The highest BCUT2D eigenvalue weighted by molar-refractivity contribution is 8.01. The van der Waals surface area contributed by atoms with E-state index in [1.54, 1.807) is 10.7 Å². The number of nitriles is 1. The van der Waals surface area contributed by atoms with E-state index >= 15 is 0 Å². The molecule has 6 nitrogen and oxygen atoms in total. The number of nitrogens with zero attached hydrogens (tertiary/aromatic N) is 4. The van der Waals surface area contributed by atoms with Gasteiger partial charge < -0.3 is 5.32 Å². The summed E-state index contributed by atoms with van der Waals surface area (Å²) in [5.41, 5.74) is 1.88. The predicted molar refractivity (Wildman–Crippen MR) is 112 cm³/mol. The van der Waals surface area contributed by atoms with Crippen LogP contribution in [0.5, 0.6) is 0 Å². The van der Waals surface area contributed by atoms with Crippen molar-refractivity contribution < 1.29 is 4.79 Å². The summed E-state index contributed by atoms with van der Waals surface area (Å²) in [6, 6.07) is 16.9. The van der Waals surface area contributed by atoms with Gasteiger partial charge in [-0.1, -0.05) is 41.6 Å². The number of rotatable bonds is 5. The van der Waals surface area contributed by atoms with E-state index in [1.807, 2.05) is 42.5 Å². The van der Waals surface area contributed by atoms with Gasteiger partial charge in [0, 0.05) is 5.02 Å². The van der Waals surface area contributed by atoms with Gasteiger partial charge in [-0.2, -0.15) is 10.4 Å². The topological polar surface area (TPSA) is 83.6 Å². The van der Waals surface area contributed by atoms with Gasteiger partial charge in [0.15, 0.2) is 10.2 Å². The second-order valence-corrected chi connectivity index (χ2v) is 8.38. The molecule has 0 saturated carbocycles. The molecule has 9 heteroatoms. The van der Waals surface area contributed by atoms with Gasteiger partial charge >= 0.3 is 0 Å². The lowest BCUT2D eigenvalue weighted by atomic mass is 10.3. The molecule has 0 bridgehead atoms. The lowest BCUT2D eigenvalue weighted by Gasteiger charge is -2.09. The maximum Gasteiger partial charge on any atom is 0.236 e. The van der Waals surface area contributed by atoms with E-state index in [2.05, 4.69) is 21.5 Å². The first-order valence-electron chi connectivity index (χ1n) is 8.16. The fraction of sp³-hybridized carbons (Fsp3) is 0.0526. The molecule has 0 aliphatic heterocycles. The molecule has 0 aliphatic carbocycles. The molecule has 0 aliphatic rings. The molecule has 1 amide bonds. The average Bonchev–Trinajstić information content (AvgIpc) is 3.30. The quantitative estimate of drug-likeness (QED) is 0.467. The summed E-state index contributed by atoms with van der Waals surface area (Å²) >= 11 is 8.83. The van der Waals surface area contributed by atoms with E-state index in [1.165, 1.54) is 29.3 Å². The number of hydrogen-bond acceptors (Lipinski definition) is 6. The van der Waals surface area contributed by atoms with Crippen molar-refractivity contribution in [3.63, 3.8) is 0 Å². The summed E-state index contributed by atoms with van der Waals surface area (Å²) < 4.78 is 3.34. The Morgan fingerprint density at radius 3 is 2.89 bits per heavy atom. The molecule has 4 aromatic rings. The Morgan fingerprint density at radius 1 is 1.29 bits per heavy atom. The minimum atomic E-state index is -0.239. The number of carbonyl (C=O) groups is 1. The zero-order chi connectivity index (χ0) is 19.5. The summed E-state index contributed by atoms with van der Waals surface area (Å²) in [7, 11) is 0. The number of benzene rings is 2. The highest BCUT2D eigenvalue weighted by Gasteiger charge is 2.16. The summed E-state index contributed by atoms with van der Waals surface area (Å²) in [5, 5.41) is 17.0. The van der Waals surface area contributed by atoms with Gasteiger partial charge in [0.25, 0.3) is 0 Å². The number of fused-ring (bicyclic) bond motifs is 1. The first kappa shape index (κ1) is 18.5. The van der Waals surface area contributed by atoms with Crippen LogP contribution in [-0.4, -0.2) is 26.4 Å². The van der Waals surface area contributed by atoms with E-state index in [0.29, 0.717) is 16.4 Å². The monoisotopic (exact) mass is 425 g/mol. The molecule has 0 unspecified atom stereocenters. The lowest BCUT2D eigenvalue weighted by Crippen LogP contribution is -2.17. The van der Waals surface area contributed by atoms with Crippen LogP contribution in [0.3, 0.4) is 0 Å². The van der Waals surface area contributed by atoms with Crippen molar-refractivity contribution in [1.82, 2.24) is 14.8 Å². The van der Waals surface area contributed by atoms with E-state index in [4.69, 9.17) is 11.6 Å². The predicted octanol–water partition coefficient (Wildman–Crippen LogP) is 4.74. The highest BCUT2D eigenvalue weighted by Crippen LogP contribution is 2.31. The number of thiazole rings is 1. The maximum absolute atomic E-state index is 12.5. The number of para-hydroxylation sites is 1. The van der Waals surface area contributed by atoms with Crippen LogP contribution >= 0.6 is 34.7 Å². The third kappa shape index (κ3) is 3.87. The Morgan fingerprint density at radius 2 is 2.11 bits per heavy atom. The fourth-order valence-electron chi connectivity index (χ4n) is 2.55. The first-order valence-corrected chi connectivity index (χ1v) is 10.3. The molecule has 138 valence electrons. The van der Waals surface area contributed by atoms with Gasteiger partial charge in [0.1, 0.15) is 11.6 Å². The van der Waals surface area contributed by atoms with Crippen molar-refractivity contribution in [1.29, 1.82) is 5.26 Å². The zero-order valence-corrected chi connectivity index (χ0v) is 16.7. The molecular formula is C19H12ClN5OS2. The second-order valence-electron chi connectivity index (χ2n) is 5.69. The first-order chi connectivity index (χ1) is 13.6. The van der Waals surface area contributed by atoms with Crippen LogP contribution in [0.25, 0.3) is 15.9 Å². The molecule has 2 aromatic carbocycles. The Bertz CT molecular complexity index is 1200. The molecule has 2 heterocycles. The number of thioether (sulfide) groups is 1. The number of nitrogens with one attached hydrogen (secondary N) is 1. The van der Waals surface area contributed by atoms with Crippen LogP contribution in [0.4, 0.5) is 5.82 Å². The molecule has 0 spiro atoms. The minimum absolute atomic E-state index is 0.165. The van der Waals surface area contributed by atoms with Crippen LogP contribution in [0.1, 0.15) is 5.56 Å².